The molecule has 0 saturated heterocycles. The summed E-state index contributed by atoms with van der Waals surface area (Å²) in [6, 6.07) is 13.6. The normalized spacial score (nSPS) is 14.4. The van der Waals surface area contributed by atoms with E-state index >= 15 is 0 Å². The van der Waals surface area contributed by atoms with Gasteiger partial charge in [0.1, 0.15) is 24.1 Å². The van der Waals surface area contributed by atoms with Gasteiger partial charge in [-0.1, -0.05) is 18.9 Å². The van der Waals surface area contributed by atoms with Crippen LogP contribution in [0.5, 0.6) is 5.75 Å². The van der Waals surface area contributed by atoms with Gasteiger partial charge in [-0.3, -0.25) is 14.5 Å². The minimum absolute atomic E-state index is 0.110. The minimum Gasteiger partial charge on any atom is -0.497 e. The van der Waals surface area contributed by atoms with Crippen LogP contribution in [0.25, 0.3) is 11.6 Å². The number of ether oxygens (including phenoxy) is 1. The van der Waals surface area contributed by atoms with E-state index in [9.17, 15) is 9.59 Å². The quantitative estimate of drug-likeness (QED) is 0.353. The molecule has 1 unspecified atom stereocenters. The zero-order chi connectivity index (χ0) is 25.8. The number of hydrogen-bond donors (Lipinski definition) is 1. The Morgan fingerprint density at radius 1 is 1.19 bits per heavy atom. The zero-order valence-electron chi connectivity index (χ0n) is 20.7. The Bertz CT molecular complexity index is 1340. The molecule has 10 nitrogen and oxygen atoms in total. The highest BCUT2D eigenvalue weighted by atomic mass is 32.1. The molecule has 2 amide bonds. The predicted octanol–water partition coefficient (Wildman–Crippen LogP) is 4.14. The van der Waals surface area contributed by atoms with Crippen molar-refractivity contribution in [3.63, 3.8) is 0 Å². The maximum Gasteiger partial charge on any atom is 0.251 e. The molecule has 1 aromatic carbocycles. The van der Waals surface area contributed by atoms with Crippen LogP contribution >= 0.6 is 11.3 Å². The van der Waals surface area contributed by atoms with Crippen molar-refractivity contribution in [2.24, 2.45) is 0 Å². The first-order valence-electron chi connectivity index (χ1n) is 12.2. The number of amides is 2. The molecule has 1 aliphatic carbocycles. The topological polar surface area (TPSA) is 115 Å². The lowest BCUT2D eigenvalue weighted by molar-refractivity contribution is -0.127. The largest absolute Gasteiger partial charge is 0.497 e. The summed E-state index contributed by atoms with van der Waals surface area (Å²) in [5.74, 6) is 1.55. The highest BCUT2D eigenvalue weighted by Gasteiger charge is 2.35. The van der Waals surface area contributed by atoms with E-state index in [0.717, 1.165) is 36.3 Å². The van der Waals surface area contributed by atoms with Gasteiger partial charge < -0.3 is 14.5 Å². The zero-order valence-corrected chi connectivity index (χ0v) is 21.5. The summed E-state index contributed by atoms with van der Waals surface area (Å²) in [7, 11) is 1.58. The number of carbonyl (C=O) groups excluding carboxylic acids is 2. The van der Waals surface area contributed by atoms with Crippen molar-refractivity contribution in [1.29, 1.82) is 0 Å². The third kappa shape index (κ3) is 5.56. The van der Waals surface area contributed by atoms with Crippen LogP contribution in [0.15, 0.2) is 58.3 Å². The average molecular weight is 521 g/mol. The van der Waals surface area contributed by atoms with Crippen molar-refractivity contribution in [2.45, 2.75) is 51.2 Å². The molecule has 0 bridgehead atoms. The van der Waals surface area contributed by atoms with Gasteiger partial charge in [-0.25, -0.2) is 0 Å². The van der Waals surface area contributed by atoms with Crippen molar-refractivity contribution in [3.8, 4) is 17.3 Å². The molecule has 192 valence electrons. The van der Waals surface area contributed by atoms with Gasteiger partial charge in [-0.05, 0) is 72.8 Å². The van der Waals surface area contributed by atoms with Gasteiger partial charge in [0.15, 0.2) is 5.76 Å². The number of furan rings is 1. The van der Waals surface area contributed by atoms with E-state index in [1.807, 2.05) is 24.4 Å². The Morgan fingerprint density at radius 3 is 2.62 bits per heavy atom. The van der Waals surface area contributed by atoms with E-state index in [1.54, 1.807) is 43.5 Å². The standard InChI is InChI=1S/C26H28N6O4S/c1-17-9-14-21(36-17)25-28-30-31(29-25)16-23(33)32(19-10-12-20(35-2)13-11-19)24(22-8-5-15-37-22)26(34)27-18-6-3-4-7-18/h5,8-15,18,24H,3-4,6-7,16H2,1-2H3,(H,27,34). The van der Waals surface area contributed by atoms with Gasteiger partial charge in [0.05, 0.1) is 7.11 Å². The smallest absolute Gasteiger partial charge is 0.251 e. The van der Waals surface area contributed by atoms with E-state index in [4.69, 9.17) is 9.15 Å². The first kappa shape index (κ1) is 24.7. The highest BCUT2D eigenvalue weighted by molar-refractivity contribution is 7.10. The Balaban J connectivity index is 1.47. The number of hydrogen-bond acceptors (Lipinski definition) is 8. The third-order valence-electron chi connectivity index (χ3n) is 6.33. The number of aromatic nitrogens is 4. The van der Waals surface area contributed by atoms with E-state index in [1.165, 1.54) is 21.0 Å². The fraction of sp³-hybridized carbons (Fsp3) is 0.346. The molecule has 1 fully saturated rings. The first-order valence-corrected chi connectivity index (χ1v) is 13.0. The molecule has 5 rings (SSSR count). The molecular weight excluding hydrogens is 492 g/mol. The van der Waals surface area contributed by atoms with Gasteiger partial charge >= 0.3 is 0 Å². The Morgan fingerprint density at radius 2 is 1.97 bits per heavy atom. The average Bonchev–Trinajstić information content (AvgIpc) is 3.71. The van der Waals surface area contributed by atoms with E-state index < -0.39 is 6.04 Å². The number of methoxy groups -OCH3 is 1. The van der Waals surface area contributed by atoms with E-state index in [0.29, 0.717) is 17.2 Å². The predicted molar refractivity (Wildman–Crippen MR) is 138 cm³/mol. The summed E-state index contributed by atoms with van der Waals surface area (Å²) in [6.45, 7) is 1.61. The molecular formula is C26H28N6O4S. The molecule has 1 N–H and O–H groups in total. The number of anilines is 1. The summed E-state index contributed by atoms with van der Waals surface area (Å²) in [6.07, 6.45) is 4.06. The summed E-state index contributed by atoms with van der Waals surface area (Å²) >= 11 is 1.43. The van der Waals surface area contributed by atoms with Gasteiger partial charge in [-0.2, -0.15) is 4.80 Å². The van der Waals surface area contributed by atoms with Crippen LogP contribution in [0.4, 0.5) is 5.69 Å². The lowest BCUT2D eigenvalue weighted by atomic mass is 10.1. The molecule has 1 saturated carbocycles. The van der Waals surface area contributed by atoms with Gasteiger partial charge in [0.2, 0.25) is 11.7 Å². The number of carbonyl (C=O) groups is 2. The summed E-state index contributed by atoms with van der Waals surface area (Å²) in [4.78, 5) is 31.0. The number of thiophene rings is 1. The number of benzene rings is 1. The Kier molecular flexibility index (Phi) is 7.31. The van der Waals surface area contributed by atoms with E-state index in [2.05, 4.69) is 20.7 Å². The van der Waals surface area contributed by atoms with Crippen LogP contribution in [0.1, 0.15) is 42.4 Å². The van der Waals surface area contributed by atoms with Crippen LogP contribution in [-0.4, -0.2) is 45.2 Å². The minimum atomic E-state index is -0.850. The maximum atomic E-state index is 13.9. The maximum absolute atomic E-state index is 13.9. The molecule has 1 atom stereocenters. The molecule has 0 radical (unpaired) electrons. The lowest BCUT2D eigenvalue weighted by Crippen LogP contribution is -2.47. The Labute approximate surface area is 218 Å². The van der Waals surface area contributed by atoms with Crippen molar-refractivity contribution < 1.29 is 18.7 Å². The van der Waals surface area contributed by atoms with Crippen LogP contribution in [0, 0.1) is 6.92 Å². The number of tetrazole rings is 1. The van der Waals surface area contributed by atoms with Crippen LogP contribution in [0.3, 0.4) is 0 Å². The molecule has 3 aromatic heterocycles. The van der Waals surface area contributed by atoms with E-state index in [-0.39, 0.29) is 30.2 Å². The first-order chi connectivity index (χ1) is 18.0. The number of nitrogens with zero attached hydrogens (tertiary/aromatic N) is 5. The lowest BCUT2D eigenvalue weighted by Gasteiger charge is -2.31. The molecule has 37 heavy (non-hydrogen) atoms. The molecule has 0 spiro atoms. The van der Waals surface area contributed by atoms with Crippen LogP contribution < -0.4 is 15.0 Å². The monoisotopic (exact) mass is 520 g/mol. The van der Waals surface area contributed by atoms with Gasteiger partial charge in [0, 0.05) is 16.6 Å². The Hall–Kier alpha value is -3.99. The van der Waals surface area contributed by atoms with Gasteiger partial charge in [0.25, 0.3) is 5.91 Å². The molecule has 11 heteroatoms. The number of aryl methyl sites for hydroxylation is 1. The van der Waals surface area contributed by atoms with Gasteiger partial charge in [-0.15, -0.1) is 21.5 Å². The van der Waals surface area contributed by atoms with Crippen molar-refractivity contribution in [2.75, 3.05) is 12.0 Å². The fourth-order valence-corrected chi connectivity index (χ4v) is 5.32. The van der Waals surface area contributed by atoms with Crippen molar-refractivity contribution >= 4 is 28.8 Å². The molecule has 0 aliphatic heterocycles. The molecule has 4 aromatic rings. The second kappa shape index (κ2) is 11.0. The second-order valence-electron chi connectivity index (χ2n) is 8.92. The fourth-order valence-electron chi connectivity index (χ4n) is 4.51. The summed E-state index contributed by atoms with van der Waals surface area (Å²) in [5, 5.41) is 17.5. The number of nitrogens with one attached hydrogen (secondary N) is 1. The summed E-state index contributed by atoms with van der Waals surface area (Å²) < 4.78 is 10.9. The molecule has 1 aliphatic rings. The second-order valence-corrected chi connectivity index (χ2v) is 9.90. The van der Waals surface area contributed by atoms with Crippen LogP contribution in [0.2, 0.25) is 0 Å². The highest BCUT2D eigenvalue weighted by Crippen LogP contribution is 2.33. The summed E-state index contributed by atoms with van der Waals surface area (Å²) in [5.41, 5.74) is 0.563. The number of rotatable bonds is 9. The third-order valence-corrected chi connectivity index (χ3v) is 7.26. The molecule has 3 heterocycles. The van der Waals surface area contributed by atoms with Crippen molar-refractivity contribution in [3.05, 3.63) is 64.5 Å². The SMILES string of the molecule is COc1ccc(N(C(=O)Cn2nnc(-c3ccc(C)o3)n2)C(C(=O)NC2CCCC2)c2cccs2)cc1. The van der Waals surface area contributed by atoms with Crippen molar-refractivity contribution in [1.82, 2.24) is 25.5 Å². The van der Waals surface area contributed by atoms with Crippen LogP contribution in [-0.2, 0) is 16.1 Å².